The van der Waals surface area contributed by atoms with Gasteiger partial charge in [-0.25, -0.2) is 4.79 Å². The van der Waals surface area contributed by atoms with Crippen LogP contribution in [0.25, 0.3) is 0 Å². The van der Waals surface area contributed by atoms with E-state index in [0.29, 0.717) is 37.5 Å². The maximum atomic E-state index is 14.5. The largest absolute Gasteiger partial charge is 0.444 e. The van der Waals surface area contributed by atoms with Crippen molar-refractivity contribution < 1.29 is 28.7 Å². The predicted octanol–water partition coefficient (Wildman–Crippen LogP) is 2.39. The van der Waals surface area contributed by atoms with Crippen LogP contribution < -0.4 is 22.5 Å². The average molecular weight is 656 g/mol. The fourth-order valence-electron chi connectivity index (χ4n) is 6.31. The van der Waals surface area contributed by atoms with Gasteiger partial charge in [0.05, 0.1) is 12.1 Å². The minimum absolute atomic E-state index is 0.0148. The summed E-state index contributed by atoms with van der Waals surface area (Å²) in [5.41, 5.74) is 17.2. The molecule has 0 spiro atoms. The fourth-order valence-corrected chi connectivity index (χ4v) is 6.31. The number of imide groups is 1. The van der Waals surface area contributed by atoms with Gasteiger partial charge in [-0.1, -0.05) is 62.4 Å². The van der Waals surface area contributed by atoms with Crippen molar-refractivity contribution >= 4 is 36.1 Å². The van der Waals surface area contributed by atoms with Crippen molar-refractivity contribution in [2.24, 2.45) is 28.1 Å². The Kier molecular flexibility index (Phi) is 14.2. The molecule has 2 aliphatic rings. The van der Waals surface area contributed by atoms with Gasteiger partial charge < -0.3 is 32.0 Å². The Morgan fingerprint density at radius 2 is 1.74 bits per heavy atom. The quantitative estimate of drug-likeness (QED) is 0.100. The smallest absolute Gasteiger partial charge is 0.410 e. The zero-order chi connectivity index (χ0) is 34.6. The highest BCUT2D eigenvalue weighted by Gasteiger charge is 2.45. The van der Waals surface area contributed by atoms with E-state index in [9.17, 15) is 24.0 Å². The predicted molar refractivity (Wildman–Crippen MR) is 179 cm³/mol. The van der Waals surface area contributed by atoms with Crippen LogP contribution in [0, 0.1) is 5.92 Å². The summed E-state index contributed by atoms with van der Waals surface area (Å²) in [4.78, 5) is 74.4. The van der Waals surface area contributed by atoms with Crippen molar-refractivity contribution in [2.45, 2.75) is 121 Å². The first-order chi connectivity index (χ1) is 22.3. The Morgan fingerprint density at radius 3 is 2.36 bits per heavy atom. The summed E-state index contributed by atoms with van der Waals surface area (Å²) in [6, 6.07) is 4.70. The lowest BCUT2D eigenvalue weighted by Crippen LogP contribution is -2.62. The highest BCUT2D eigenvalue weighted by atomic mass is 16.6. The Labute approximate surface area is 278 Å². The number of likely N-dealkylation sites (tertiary alicyclic amines) is 1. The molecule has 4 atom stereocenters. The van der Waals surface area contributed by atoms with E-state index in [1.54, 1.807) is 45.0 Å². The van der Waals surface area contributed by atoms with Gasteiger partial charge in [0.15, 0.2) is 5.96 Å². The molecule has 1 aromatic carbocycles. The number of benzene rings is 1. The second-order valence-electron chi connectivity index (χ2n) is 13.6. The van der Waals surface area contributed by atoms with Gasteiger partial charge >= 0.3 is 6.09 Å². The highest BCUT2D eigenvalue weighted by molar-refractivity contribution is 6.05. The number of amides is 4. The van der Waals surface area contributed by atoms with Gasteiger partial charge in [0, 0.05) is 19.5 Å². The van der Waals surface area contributed by atoms with Crippen LogP contribution in [-0.4, -0.2) is 88.7 Å². The SMILES string of the molecule is CC(C)(C)OC(=O)N1CCCC1C(=O)N(C(=O)[C@H](N)CC1CCCCC1)C(Cc1ccccc1)C(=O)NC(C=O)CCCN=C(N)N. The number of guanidine groups is 1. The Bertz CT molecular complexity index is 1240. The molecule has 0 bridgehead atoms. The summed E-state index contributed by atoms with van der Waals surface area (Å²) >= 11 is 0. The maximum Gasteiger partial charge on any atom is 0.410 e. The Balaban J connectivity index is 1.98. The number of carbonyl (C=O) groups is 5. The van der Waals surface area contributed by atoms with E-state index >= 15 is 0 Å². The van der Waals surface area contributed by atoms with E-state index in [1.807, 2.05) is 6.07 Å². The summed E-state index contributed by atoms with van der Waals surface area (Å²) in [6.45, 7) is 5.73. The molecule has 1 aliphatic carbocycles. The van der Waals surface area contributed by atoms with Gasteiger partial charge in [0.1, 0.15) is 24.0 Å². The first-order valence-electron chi connectivity index (χ1n) is 16.8. The lowest BCUT2D eigenvalue weighted by atomic mass is 9.84. The van der Waals surface area contributed by atoms with Crippen LogP contribution in [0.2, 0.25) is 0 Å². The topological polar surface area (TPSA) is 204 Å². The first-order valence-corrected chi connectivity index (χ1v) is 16.8. The molecule has 4 amide bonds. The van der Waals surface area contributed by atoms with E-state index < -0.39 is 53.6 Å². The molecule has 1 aromatic rings. The van der Waals surface area contributed by atoms with Crippen molar-refractivity contribution in [1.29, 1.82) is 0 Å². The third-order valence-electron chi connectivity index (χ3n) is 8.62. The van der Waals surface area contributed by atoms with Crippen molar-refractivity contribution in [1.82, 2.24) is 15.1 Å². The van der Waals surface area contributed by atoms with Crippen LogP contribution in [0.1, 0.15) is 90.5 Å². The van der Waals surface area contributed by atoms with E-state index in [2.05, 4.69) is 10.3 Å². The molecule has 260 valence electrons. The molecule has 7 N–H and O–H groups in total. The number of carbonyl (C=O) groups excluding carboxylic acids is 5. The zero-order valence-electron chi connectivity index (χ0n) is 28.1. The fraction of sp³-hybridized carbons (Fsp3) is 0.647. The van der Waals surface area contributed by atoms with Gasteiger partial charge in [0.25, 0.3) is 5.91 Å². The molecule has 0 aromatic heterocycles. The summed E-state index contributed by atoms with van der Waals surface area (Å²) < 4.78 is 5.59. The van der Waals surface area contributed by atoms with Crippen molar-refractivity contribution in [3.8, 4) is 0 Å². The first kappa shape index (κ1) is 37.5. The van der Waals surface area contributed by atoms with E-state index in [4.69, 9.17) is 21.9 Å². The lowest BCUT2D eigenvalue weighted by Gasteiger charge is -2.36. The molecule has 3 unspecified atom stereocenters. The number of nitrogens with two attached hydrogens (primary N) is 3. The number of aliphatic imine (C=N–C) groups is 1. The number of aldehydes is 1. The van der Waals surface area contributed by atoms with Crippen LogP contribution in [0.3, 0.4) is 0 Å². The third-order valence-corrected chi connectivity index (χ3v) is 8.62. The Hall–Kier alpha value is -4.00. The molecule has 1 aliphatic heterocycles. The standard InChI is InChI=1S/C34H53N7O6/c1-34(2,3)47-33(46)40-19-11-17-27(40)31(45)41(30(44)26(35)20-23-12-6-4-7-13-23)28(21-24-14-8-5-9-15-24)29(43)39-25(22-42)16-10-18-38-32(36)37/h5,8-9,14-15,22-23,25-28H,4,6-7,10-13,16-21,35H2,1-3H3,(H,39,43)(H4,36,37,38)/t25?,26-,27?,28?/m1/s1. The van der Waals surface area contributed by atoms with Crippen molar-refractivity contribution in [3.05, 3.63) is 35.9 Å². The number of hydrogen-bond acceptors (Lipinski definition) is 8. The highest BCUT2D eigenvalue weighted by Crippen LogP contribution is 2.29. The lowest BCUT2D eigenvalue weighted by molar-refractivity contribution is -0.155. The number of rotatable bonds is 14. The maximum absolute atomic E-state index is 14.5. The molecule has 13 heteroatoms. The molecule has 1 heterocycles. The number of nitrogens with one attached hydrogen (secondary N) is 1. The van der Waals surface area contributed by atoms with Crippen LogP contribution in [0.4, 0.5) is 4.79 Å². The number of nitrogens with zero attached hydrogens (tertiary/aromatic N) is 3. The number of ether oxygens (including phenoxy) is 1. The van der Waals surface area contributed by atoms with Gasteiger partial charge in [-0.2, -0.15) is 0 Å². The molecular formula is C34H53N7O6. The van der Waals surface area contributed by atoms with Crippen LogP contribution in [0.5, 0.6) is 0 Å². The van der Waals surface area contributed by atoms with Crippen LogP contribution >= 0.6 is 0 Å². The second kappa shape index (κ2) is 17.8. The molecule has 1 saturated carbocycles. The van der Waals surface area contributed by atoms with E-state index in [1.165, 1.54) is 4.90 Å². The van der Waals surface area contributed by atoms with Gasteiger partial charge in [0.2, 0.25) is 11.8 Å². The van der Waals surface area contributed by atoms with E-state index in [-0.39, 0.29) is 37.8 Å². The van der Waals surface area contributed by atoms with Crippen molar-refractivity contribution in [3.63, 3.8) is 0 Å². The molecule has 3 rings (SSSR count). The van der Waals surface area contributed by atoms with Gasteiger partial charge in [-0.15, -0.1) is 0 Å². The van der Waals surface area contributed by atoms with Gasteiger partial charge in [-0.3, -0.25) is 29.2 Å². The Morgan fingerprint density at radius 1 is 1.06 bits per heavy atom. The molecular weight excluding hydrogens is 602 g/mol. The zero-order valence-corrected chi connectivity index (χ0v) is 28.1. The summed E-state index contributed by atoms with van der Waals surface area (Å²) in [6.07, 6.45) is 6.89. The average Bonchev–Trinajstić information content (AvgIpc) is 3.52. The third kappa shape index (κ3) is 11.6. The minimum Gasteiger partial charge on any atom is -0.444 e. The van der Waals surface area contributed by atoms with Crippen LogP contribution in [-0.2, 0) is 30.3 Å². The minimum atomic E-state index is -1.34. The van der Waals surface area contributed by atoms with Crippen LogP contribution in [0.15, 0.2) is 35.3 Å². The second-order valence-corrected chi connectivity index (χ2v) is 13.6. The van der Waals surface area contributed by atoms with Gasteiger partial charge in [-0.05, 0) is 64.4 Å². The summed E-state index contributed by atoms with van der Waals surface area (Å²) in [5.74, 6) is -1.90. The van der Waals surface area contributed by atoms with E-state index in [0.717, 1.165) is 37.0 Å². The summed E-state index contributed by atoms with van der Waals surface area (Å²) in [5, 5.41) is 2.73. The normalized spacial score (nSPS) is 18.8. The van der Waals surface area contributed by atoms with Crippen molar-refractivity contribution in [2.75, 3.05) is 13.1 Å². The molecule has 2 fully saturated rings. The number of hydrogen-bond donors (Lipinski definition) is 4. The molecule has 47 heavy (non-hydrogen) atoms. The summed E-state index contributed by atoms with van der Waals surface area (Å²) in [7, 11) is 0. The molecule has 0 radical (unpaired) electrons. The molecule has 1 saturated heterocycles. The molecule has 13 nitrogen and oxygen atoms in total. The monoisotopic (exact) mass is 655 g/mol.